The van der Waals surface area contributed by atoms with Crippen molar-refractivity contribution in [3.05, 3.63) is 16.5 Å². The highest BCUT2D eigenvalue weighted by molar-refractivity contribution is 6.32. The van der Waals surface area contributed by atoms with E-state index in [2.05, 4.69) is 15.3 Å². The lowest BCUT2D eigenvalue weighted by atomic mass is 9.79. The molecule has 1 aliphatic rings. The van der Waals surface area contributed by atoms with Crippen LogP contribution in [0.2, 0.25) is 10.4 Å². The number of amides is 1. The molecule has 7 heteroatoms. The molecule has 2 rings (SSSR count). The van der Waals surface area contributed by atoms with Gasteiger partial charge >= 0.3 is 0 Å². The van der Waals surface area contributed by atoms with Crippen molar-refractivity contribution in [1.82, 2.24) is 9.97 Å². The SMILES string of the molecule is NCC1CCCCC1C(=O)Nc1cc(Cl)nc(Cl)n1. The maximum absolute atomic E-state index is 12.2. The summed E-state index contributed by atoms with van der Waals surface area (Å²) in [5, 5.41) is 2.96. The molecule has 1 heterocycles. The zero-order valence-electron chi connectivity index (χ0n) is 10.4. The monoisotopic (exact) mass is 302 g/mol. The summed E-state index contributed by atoms with van der Waals surface area (Å²) in [6.07, 6.45) is 4.05. The molecule has 1 fully saturated rings. The van der Waals surface area contributed by atoms with Gasteiger partial charge in [0.25, 0.3) is 0 Å². The molecule has 104 valence electrons. The Kier molecular flexibility index (Phi) is 4.96. The van der Waals surface area contributed by atoms with E-state index in [0.717, 1.165) is 25.7 Å². The summed E-state index contributed by atoms with van der Waals surface area (Å²) in [6.45, 7) is 0.531. The van der Waals surface area contributed by atoms with Crippen LogP contribution in [0.25, 0.3) is 0 Å². The van der Waals surface area contributed by atoms with Crippen LogP contribution in [0.15, 0.2) is 6.07 Å². The molecule has 2 unspecified atom stereocenters. The molecule has 5 nitrogen and oxygen atoms in total. The first-order valence-electron chi connectivity index (χ1n) is 6.31. The van der Waals surface area contributed by atoms with Gasteiger partial charge in [-0.25, -0.2) is 9.97 Å². The molecule has 19 heavy (non-hydrogen) atoms. The molecule has 1 amide bonds. The van der Waals surface area contributed by atoms with E-state index in [1.165, 1.54) is 6.07 Å². The number of nitrogens with zero attached hydrogens (tertiary/aromatic N) is 2. The van der Waals surface area contributed by atoms with Crippen LogP contribution in [0.1, 0.15) is 25.7 Å². The van der Waals surface area contributed by atoms with Gasteiger partial charge in [0, 0.05) is 12.0 Å². The van der Waals surface area contributed by atoms with Crippen molar-refractivity contribution < 1.29 is 4.79 Å². The third kappa shape index (κ3) is 3.78. The molecular weight excluding hydrogens is 287 g/mol. The Hall–Kier alpha value is -0.910. The summed E-state index contributed by atoms with van der Waals surface area (Å²) < 4.78 is 0. The van der Waals surface area contributed by atoms with Crippen molar-refractivity contribution in [2.24, 2.45) is 17.6 Å². The lowest BCUT2D eigenvalue weighted by molar-refractivity contribution is -0.122. The Morgan fingerprint density at radius 3 is 2.79 bits per heavy atom. The standard InChI is InChI=1S/C12H16Cl2N4O/c13-9-5-10(18-12(14)16-9)17-11(19)8-4-2-1-3-7(8)6-15/h5,7-8H,1-4,6,15H2,(H,16,17,18,19). The first-order chi connectivity index (χ1) is 9.10. The average molecular weight is 303 g/mol. The molecule has 3 N–H and O–H groups in total. The van der Waals surface area contributed by atoms with Gasteiger partial charge in [-0.05, 0) is 36.9 Å². The highest BCUT2D eigenvalue weighted by Crippen LogP contribution is 2.30. The third-order valence-electron chi connectivity index (χ3n) is 3.47. The Morgan fingerprint density at radius 2 is 2.11 bits per heavy atom. The second-order valence-electron chi connectivity index (χ2n) is 4.72. The fourth-order valence-corrected chi connectivity index (χ4v) is 2.92. The van der Waals surface area contributed by atoms with Gasteiger partial charge in [0.15, 0.2) is 0 Å². The predicted molar refractivity (Wildman–Crippen MR) is 75.2 cm³/mol. The third-order valence-corrected chi connectivity index (χ3v) is 3.83. The largest absolute Gasteiger partial charge is 0.330 e. The molecule has 1 aromatic heterocycles. The van der Waals surface area contributed by atoms with Gasteiger partial charge in [-0.15, -0.1) is 0 Å². The van der Waals surface area contributed by atoms with Crippen LogP contribution < -0.4 is 11.1 Å². The molecule has 1 aliphatic carbocycles. The smallest absolute Gasteiger partial charge is 0.228 e. The fraction of sp³-hybridized carbons (Fsp3) is 0.583. The summed E-state index contributed by atoms with van der Waals surface area (Å²) in [5.41, 5.74) is 5.73. The number of hydrogen-bond acceptors (Lipinski definition) is 4. The molecule has 0 radical (unpaired) electrons. The summed E-state index contributed by atoms with van der Waals surface area (Å²) in [6, 6.07) is 1.48. The minimum Gasteiger partial charge on any atom is -0.330 e. The highest BCUT2D eigenvalue weighted by Gasteiger charge is 2.30. The number of rotatable bonds is 3. The van der Waals surface area contributed by atoms with E-state index >= 15 is 0 Å². The normalized spacial score (nSPS) is 23.1. The second kappa shape index (κ2) is 6.50. The van der Waals surface area contributed by atoms with E-state index in [0.29, 0.717) is 12.4 Å². The van der Waals surface area contributed by atoms with Gasteiger partial charge < -0.3 is 11.1 Å². The van der Waals surface area contributed by atoms with Crippen LogP contribution in [-0.4, -0.2) is 22.4 Å². The van der Waals surface area contributed by atoms with Gasteiger partial charge in [-0.2, -0.15) is 0 Å². The highest BCUT2D eigenvalue weighted by atomic mass is 35.5. The van der Waals surface area contributed by atoms with E-state index in [4.69, 9.17) is 28.9 Å². The van der Waals surface area contributed by atoms with Crippen LogP contribution in [0.3, 0.4) is 0 Å². The van der Waals surface area contributed by atoms with Crippen molar-refractivity contribution in [2.75, 3.05) is 11.9 Å². The van der Waals surface area contributed by atoms with E-state index < -0.39 is 0 Å². The van der Waals surface area contributed by atoms with E-state index in [1.54, 1.807) is 0 Å². The Morgan fingerprint density at radius 1 is 1.37 bits per heavy atom. The molecule has 0 aromatic carbocycles. The van der Waals surface area contributed by atoms with Crippen LogP contribution >= 0.6 is 23.2 Å². The number of nitrogens with two attached hydrogens (primary N) is 1. The maximum atomic E-state index is 12.2. The summed E-state index contributed by atoms with van der Waals surface area (Å²) >= 11 is 11.5. The number of halogens is 2. The summed E-state index contributed by atoms with van der Waals surface area (Å²) in [7, 11) is 0. The minimum atomic E-state index is -0.0685. The fourth-order valence-electron chi connectivity index (χ4n) is 2.51. The zero-order valence-corrected chi connectivity index (χ0v) is 11.9. The Labute approximate surface area is 121 Å². The molecule has 0 spiro atoms. The predicted octanol–water partition coefficient (Wildman–Crippen LogP) is 2.49. The van der Waals surface area contributed by atoms with Crippen LogP contribution in [0.5, 0.6) is 0 Å². The van der Waals surface area contributed by atoms with Gasteiger partial charge in [0.1, 0.15) is 11.0 Å². The first kappa shape index (κ1) is 14.5. The second-order valence-corrected chi connectivity index (χ2v) is 5.45. The zero-order chi connectivity index (χ0) is 13.8. The van der Waals surface area contributed by atoms with Gasteiger partial charge in [-0.1, -0.05) is 24.4 Å². The van der Waals surface area contributed by atoms with Crippen molar-refractivity contribution in [3.63, 3.8) is 0 Å². The van der Waals surface area contributed by atoms with Crippen molar-refractivity contribution in [1.29, 1.82) is 0 Å². The van der Waals surface area contributed by atoms with Gasteiger partial charge in [0.2, 0.25) is 11.2 Å². The van der Waals surface area contributed by atoms with Gasteiger partial charge in [0.05, 0.1) is 0 Å². The van der Waals surface area contributed by atoms with Crippen LogP contribution in [0.4, 0.5) is 5.82 Å². The van der Waals surface area contributed by atoms with Crippen molar-refractivity contribution >= 4 is 34.9 Å². The van der Waals surface area contributed by atoms with E-state index in [1.807, 2.05) is 0 Å². The lowest BCUT2D eigenvalue weighted by Gasteiger charge is -2.29. The van der Waals surface area contributed by atoms with Crippen molar-refractivity contribution in [3.8, 4) is 0 Å². The molecule has 1 saturated carbocycles. The van der Waals surface area contributed by atoms with Crippen molar-refractivity contribution in [2.45, 2.75) is 25.7 Å². The number of aromatic nitrogens is 2. The van der Waals surface area contributed by atoms with Gasteiger partial charge in [-0.3, -0.25) is 4.79 Å². The lowest BCUT2D eigenvalue weighted by Crippen LogP contribution is -2.35. The minimum absolute atomic E-state index is 0.0156. The van der Waals surface area contributed by atoms with Crippen LogP contribution in [-0.2, 0) is 4.79 Å². The molecule has 0 bridgehead atoms. The Balaban J connectivity index is 2.07. The maximum Gasteiger partial charge on any atom is 0.228 e. The number of hydrogen-bond donors (Lipinski definition) is 2. The molecule has 0 saturated heterocycles. The number of carbonyl (C=O) groups is 1. The molecule has 0 aliphatic heterocycles. The van der Waals surface area contributed by atoms with Crippen LogP contribution in [0, 0.1) is 11.8 Å². The van der Waals surface area contributed by atoms with E-state index in [-0.39, 0.29) is 28.2 Å². The quantitative estimate of drug-likeness (QED) is 0.664. The van der Waals surface area contributed by atoms with E-state index in [9.17, 15) is 4.79 Å². The number of nitrogens with one attached hydrogen (secondary N) is 1. The molecule has 1 aromatic rings. The number of anilines is 1. The average Bonchev–Trinajstić information content (AvgIpc) is 2.37. The topological polar surface area (TPSA) is 80.9 Å². The Bertz CT molecular complexity index is 449. The molecule has 2 atom stereocenters. The molecular formula is C12H16Cl2N4O. The summed E-state index contributed by atoms with van der Waals surface area (Å²) in [5.74, 6) is 0.435. The number of carbonyl (C=O) groups excluding carboxylic acids is 1. The summed E-state index contributed by atoms with van der Waals surface area (Å²) in [4.78, 5) is 19.9. The first-order valence-corrected chi connectivity index (χ1v) is 7.06.